The molecule has 0 bridgehead atoms. The number of rotatable bonds is 7. The predicted molar refractivity (Wildman–Crippen MR) is 187 cm³/mol. The zero-order valence-corrected chi connectivity index (χ0v) is 26.4. The van der Waals surface area contributed by atoms with Crippen LogP contribution >= 0.6 is 0 Å². The van der Waals surface area contributed by atoms with Gasteiger partial charge >= 0.3 is 160 Å². The van der Waals surface area contributed by atoms with Crippen molar-refractivity contribution >= 4 is 40.7 Å². The summed E-state index contributed by atoms with van der Waals surface area (Å²) in [5, 5.41) is 4.71. The minimum Gasteiger partial charge on any atom is -0.0149 e. The van der Waals surface area contributed by atoms with Crippen molar-refractivity contribution in [3.63, 3.8) is 0 Å². The van der Waals surface area contributed by atoms with Gasteiger partial charge in [0.1, 0.15) is 0 Å². The van der Waals surface area contributed by atoms with Crippen molar-refractivity contribution in [3.05, 3.63) is 143 Å². The molecule has 1 saturated carbocycles. The molecule has 0 spiro atoms. The zero-order chi connectivity index (χ0) is 29.2. The minimum absolute atomic E-state index is 0. The second kappa shape index (κ2) is 15.9. The first-order valence-electron chi connectivity index (χ1n) is 15.2. The summed E-state index contributed by atoms with van der Waals surface area (Å²) in [6, 6.07) is 31.4. The Bertz CT molecular complexity index is 1470. The predicted octanol–water partition coefficient (Wildman–Crippen LogP) is 8.43. The molecular weight excluding hydrogens is 576 g/mol. The van der Waals surface area contributed by atoms with Crippen LogP contribution in [0.3, 0.4) is 0 Å². The Morgan fingerprint density at radius 1 is 0.791 bits per heavy atom. The van der Waals surface area contributed by atoms with Crippen LogP contribution in [0.15, 0.2) is 116 Å². The molecule has 1 unspecified atom stereocenters. The largest absolute Gasteiger partial charge is 0.0149 e. The number of carbonyl (C=O) groups is 1. The Labute approximate surface area is 265 Å². The summed E-state index contributed by atoms with van der Waals surface area (Å²) in [5.41, 5.74) is 7.75. The summed E-state index contributed by atoms with van der Waals surface area (Å²) < 4.78 is 3.94. The number of aromatic nitrogens is 1. The Hall–Kier alpha value is -3.44. The Morgan fingerprint density at radius 3 is 1.95 bits per heavy atom. The molecule has 4 aromatic rings. The van der Waals surface area contributed by atoms with Crippen LogP contribution in [0.1, 0.15) is 64.1 Å². The number of nitrogens with one attached hydrogen (secondary N) is 2. The van der Waals surface area contributed by atoms with Gasteiger partial charge in [0.15, 0.2) is 0 Å². The first-order valence-corrected chi connectivity index (χ1v) is 20.0. The number of hydrogen-bond acceptors (Lipinski definition) is 1. The summed E-state index contributed by atoms with van der Waals surface area (Å²) in [7, 11) is 0. The van der Waals surface area contributed by atoms with Crippen LogP contribution in [-0.4, -0.2) is 21.9 Å². The molecule has 2 N–H and O–H groups in total. The second-order valence-electron chi connectivity index (χ2n) is 11.8. The van der Waals surface area contributed by atoms with Gasteiger partial charge < -0.3 is 0 Å². The van der Waals surface area contributed by atoms with Crippen molar-refractivity contribution in [2.75, 3.05) is 0 Å². The average molecular weight is 623 g/mol. The molecule has 0 radical (unpaired) electrons. The Morgan fingerprint density at radius 2 is 1.37 bits per heavy atom. The maximum absolute atomic E-state index is 13.0. The van der Waals surface area contributed by atoms with Gasteiger partial charge in [0, 0.05) is 0 Å². The molecular formula is C38H46N2OSiTi. The Balaban J connectivity index is 0.000000215. The van der Waals surface area contributed by atoms with E-state index in [9.17, 15) is 4.79 Å². The maximum atomic E-state index is 13.0. The molecule has 3 aromatic carbocycles. The number of fused-ring (bicyclic) bond motifs is 1. The molecule has 5 heteroatoms. The number of aromatic amines is 1. The van der Waals surface area contributed by atoms with E-state index in [1.165, 1.54) is 52.7 Å². The first kappa shape index (κ1) is 32.5. The third kappa shape index (κ3) is 8.79. The summed E-state index contributed by atoms with van der Waals surface area (Å²) in [6.07, 6.45) is 20.5. The summed E-state index contributed by atoms with van der Waals surface area (Å²) in [5.74, 6) is 0.539. The number of allylic oxidation sites excluding steroid dienone is 3. The number of amides is 1. The normalized spacial score (nSPS) is 16.6. The van der Waals surface area contributed by atoms with Crippen molar-refractivity contribution in [1.29, 1.82) is 0 Å². The molecule has 0 aliphatic heterocycles. The first-order chi connectivity index (χ1) is 20.5. The smallest absolute Gasteiger partial charge is 0.0149 e. The second-order valence-corrected chi connectivity index (χ2v) is 18.5. The standard InChI is InChI=1S/C16H14.C13H10N.C7H13NO.2CH3.H4Si.Ti/c1-3-9-15(10-4-1)13-7-8-14-16-11-5-2-6-12-16;1-2-4-11-8-13(7-10(11)3-1)12-5-6-14-9-12;8-7(9)6-4-2-1-3-5-6;;;;/h1-14H;1-9,14H;6H,1-5H2,(H2,8,9);2*1H3;1H4;/q;;;;;;+1/p-1. The Kier molecular flexibility index (Phi) is 12.0. The third-order valence-corrected chi connectivity index (χ3v) is 12.9. The van der Waals surface area contributed by atoms with E-state index in [1.54, 1.807) is 0 Å². The van der Waals surface area contributed by atoms with Crippen molar-refractivity contribution in [1.82, 2.24) is 8.78 Å². The van der Waals surface area contributed by atoms with Gasteiger partial charge in [0.2, 0.25) is 0 Å². The number of carbonyl (C=O) groups excluding carboxylic acids is 1. The van der Waals surface area contributed by atoms with Gasteiger partial charge in [0.25, 0.3) is 0 Å². The quantitative estimate of drug-likeness (QED) is 0.158. The van der Waals surface area contributed by atoms with Crippen LogP contribution in [0.25, 0.3) is 23.8 Å². The molecule has 6 rings (SSSR count). The fraction of sp³-hybridized carbons (Fsp3) is 0.237. The third-order valence-electron chi connectivity index (χ3n) is 8.29. The van der Waals surface area contributed by atoms with E-state index in [1.807, 2.05) is 42.6 Å². The van der Waals surface area contributed by atoms with Crippen LogP contribution in [0.2, 0.25) is 10.5 Å². The number of benzene rings is 3. The van der Waals surface area contributed by atoms with Crippen molar-refractivity contribution < 1.29 is 21.6 Å². The zero-order valence-electron chi connectivity index (χ0n) is 24.8. The fourth-order valence-electron chi connectivity index (χ4n) is 6.17. The summed E-state index contributed by atoms with van der Waals surface area (Å²) in [4.78, 5) is 16.2. The molecule has 2 aliphatic rings. The van der Waals surface area contributed by atoms with Gasteiger partial charge in [-0.3, -0.25) is 0 Å². The number of H-pyrrole nitrogens is 1. The van der Waals surface area contributed by atoms with Crippen LogP contribution in [0, 0.1) is 5.92 Å². The van der Waals surface area contributed by atoms with Gasteiger partial charge in [-0.1, -0.05) is 85.0 Å². The maximum Gasteiger partial charge on any atom is -0.0149 e. The van der Waals surface area contributed by atoms with Gasteiger partial charge in [-0.2, -0.15) is 0 Å². The minimum atomic E-state index is -2.67. The van der Waals surface area contributed by atoms with E-state index in [0.29, 0.717) is 10.1 Å². The van der Waals surface area contributed by atoms with Crippen LogP contribution in [0.4, 0.5) is 0 Å². The van der Waals surface area contributed by atoms with E-state index in [-0.39, 0.29) is 16.9 Å². The van der Waals surface area contributed by atoms with Crippen molar-refractivity contribution in [2.45, 2.75) is 46.8 Å². The van der Waals surface area contributed by atoms with Crippen LogP contribution in [-0.2, 0) is 21.6 Å². The van der Waals surface area contributed by atoms with E-state index in [4.69, 9.17) is 0 Å². The number of hydrogen-bond donors (Lipinski definition) is 2. The summed E-state index contributed by atoms with van der Waals surface area (Å²) >= 11 is -2.67. The van der Waals surface area contributed by atoms with Crippen LogP contribution < -0.4 is 3.80 Å². The molecule has 1 fully saturated rings. The van der Waals surface area contributed by atoms with Gasteiger partial charge in [-0.05, 0) is 22.1 Å². The van der Waals surface area contributed by atoms with Crippen LogP contribution in [0.5, 0.6) is 0 Å². The van der Waals surface area contributed by atoms with E-state index < -0.39 is 16.8 Å². The molecule has 0 saturated heterocycles. The molecule has 222 valence electrons. The molecule has 1 amide bonds. The van der Waals surface area contributed by atoms with Gasteiger partial charge in [-0.25, -0.2) is 0 Å². The van der Waals surface area contributed by atoms with Crippen molar-refractivity contribution in [2.24, 2.45) is 5.92 Å². The van der Waals surface area contributed by atoms with Crippen molar-refractivity contribution in [3.8, 4) is 0 Å². The SMILES string of the molecule is C(C=Cc1ccccc1)=Cc1ccccc1.[CH3][Ti]([CH3])([NH]C(=O)C1CCCCC1)[CH]1C(c2cc[nH]c2)=Cc2ccccc21.[SiH4]. The van der Waals surface area contributed by atoms with Gasteiger partial charge in [0.05, 0.1) is 0 Å². The molecule has 2 aliphatic carbocycles. The monoisotopic (exact) mass is 622 g/mol. The topological polar surface area (TPSA) is 44.9 Å². The molecule has 1 aromatic heterocycles. The van der Waals surface area contributed by atoms with E-state index in [2.05, 4.69) is 110 Å². The van der Waals surface area contributed by atoms with E-state index >= 15 is 0 Å². The molecule has 1 atom stereocenters. The summed E-state index contributed by atoms with van der Waals surface area (Å²) in [6.45, 7) is 0. The fourth-order valence-corrected chi connectivity index (χ4v) is 10.9. The average Bonchev–Trinajstić information content (AvgIpc) is 3.70. The molecule has 43 heavy (non-hydrogen) atoms. The van der Waals surface area contributed by atoms with Gasteiger partial charge in [-0.15, -0.1) is 0 Å². The van der Waals surface area contributed by atoms with E-state index in [0.717, 1.165) is 12.8 Å². The molecule has 3 nitrogen and oxygen atoms in total. The molecule has 1 heterocycles.